The molecule has 140 valence electrons. The van der Waals surface area contributed by atoms with Crippen LogP contribution in [-0.4, -0.2) is 60.4 Å². The van der Waals surface area contributed by atoms with E-state index in [2.05, 4.69) is 22.2 Å². The first kappa shape index (κ1) is 17.3. The number of rotatable bonds is 3. The fraction of sp³-hybridized carbons (Fsp3) is 0.600. The fourth-order valence-corrected chi connectivity index (χ4v) is 4.55. The summed E-state index contributed by atoms with van der Waals surface area (Å²) in [5.74, 6) is 0.849. The van der Waals surface area contributed by atoms with E-state index < -0.39 is 0 Å². The van der Waals surface area contributed by atoms with Crippen molar-refractivity contribution in [3.63, 3.8) is 0 Å². The summed E-state index contributed by atoms with van der Waals surface area (Å²) in [6.07, 6.45) is 5.55. The normalized spacial score (nSPS) is 22.2. The number of carbonyl (C=O) groups is 2. The average molecular weight is 357 g/mol. The van der Waals surface area contributed by atoms with Crippen LogP contribution < -0.4 is 10.1 Å². The van der Waals surface area contributed by atoms with E-state index in [1.807, 2.05) is 18.2 Å². The van der Waals surface area contributed by atoms with Crippen molar-refractivity contribution in [2.45, 2.75) is 44.1 Å². The summed E-state index contributed by atoms with van der Waals surface area (Å²) in [7, 11) is 2.15. The second-order valence-corrected chi connectivity index (χ2v) is 7.83. The van der Waals surface area contributed by atoms with Crippen molar-refractivity contribution < 1.29 is 14.3 Å². The van der Waals surface area contributed by atoms with Crippen molar-refractivity contribution in [2.24, 2.45) is 0 Å². The van der Waals surface area contributed by atoms with Crippen molar-refractivity contribution >= 4 is 17.5 Å². The van der Waals surface area contributed by atoms with Crippen molar-refractivity contribution in [1.82, 2.24) is 9.80 Å². The average Bonchev–Trinajstić information content (AvgIpc) is 3.06. The second kappa shape index (κ2) is 6.91. The molecule has 26 heavy (non-hydrogen) atoms. The molecule has 2 saturated heterocycles. The predicted molar refractivity (Wildman–Crippen MR) is 99.3 cm³/mol. The van der Waals surface area contributed by atoms with Crippen molar-refractivity contribution in [3.8, 4) is 5.75 Å². The number of likely N-dealkylation sites (tertiary alicyclic amines) is 2. The Hall–Kier alpha value is -2.08. The Labute approximate surface area is 154 Å². The van der Waals surface area contributed by atoms with Gasteiger partial charge in [-0.05, 0) is 62.9 Å². The maximum atomic E-state index is 12.8. The number of anilines is 1. The van der Waals surface area contributed by atoms with Gasteiger partial charge in [-0.1, -0.05) is 0 Å². The quantitative estimate of drug-likeness (QED) is 0.899. The molecule has 0 aromatic heterocycles. The number of aryl methyl sites for hydroxylation is 1. The molecule has 0 aliphatic carbocycles. The highest BCUT2D eigenvalue weighted by atomic mass is 16.5. The van der Waals surface area contributed by atoms with Crippen LogP contribution in [0.1, 0.15) is 37.7 Å². The zero-order valence-corrected chi connectivity index (χ0v) is 15.4. The molecule has 6 nitrogen and oxygen atoms in total. The van der Waals surface area contributed by atoms with E-state index in [0.29, 0.717) is 12.2 Å². The fourth-order valence-electron chi connectivity index (χ4n) is 4.55. The van der Waals surface area contributed by atoms with Crippen molar-refractivity contribution in [3.05, 3.63) is 23.8 Å². The Morgan fingerprint density at radius 3 is 2.81 bits per heavy atom. The van der Waals surface area contributed by atoms with Crippen molar-refractivity contribution in [2.75, 3.05) is 38.6 Å². The van der Waals surface area contributed by atoms with Crippen LogP contribution in [0.3, 0.4) is 0 Å². The van der Waals surface area contributed by atoms with Crippen LogP contribution in [0.15, 0.2) is 18.2 Å². The van der Waals surface area contributed by atoms with Gasteiger partial charge in [0.15, 0.2) is 6.61 Å². The summed E-state index contributed by atoms with van der Waals surface area (Å²) < 4.78 is 5.81. The Morgan fingerprint density at radius 1 is 1.19 bits per heavy atom. The number of nitrogens with one attached hydrogen (secondary N) is 1. The number of ether oxygens (including phenoxy) is 1. The first-order chi connectivity index (χ1) is 12.6. The highest BCUT2D eigenvalue weighted by Gasteiger charge is 2.44. The number of amides is 2. The largest absolute Gasteiger partial charge is 0.484 e. The van der Waals surface area contributed by atoms with Gasteiger partial charge in [-0.3, -0.25) is 9.59 Å². The smallest absolute Gasteiger partial charge is 0.260 e. The lowest BCUT2D eigenvalue weighted by atomic mass is 9.85. The second-order valence-electron chi connectivity index (χ2n) is 7.83. The lowest BCUT2D eigenvalue weighted by Gasteiger charge is -2.44. The standard InChI is InChI=1S/C20H27N3O3/c1-22-11-8-20(9-12-22)7-2-10-23(20)19(25)14-26-16-4-5-17-15(13-16)3-6-18(24)21-17/h4-5,13H,2-3,6-12,14H2,1H3,(H,21,24). The zero-order valence-electron chi connectivity index (χ0n) is 15.4. The summed E-state index contributed by atoms with van der Waals surface area (Å²) in [5, 5.41) is 2.87. The van der Waals surface area contributed by atoms with Crippen molar-refractivity contribution in [1.29, 1.82) is 0 Å². The van der Waals surface area contributed by atoms with E-state index in [4.69, 9.17) is 4.74 Å². The molecule has 0 atom stereocenters. The van der Waals surface area contributed by atoms with E-state index in [0.717, 1.165) is 63.0 Å². The first-order valence-corrected chi connectivity index (χ1v) is 9.60. The molecule has 0 radical (unpaired) electrons. The van der Waals surface area contributed by atoms with Gasteiger partial charge in [-0.2, -0.15) is 0 Å². The molecule has 1 aromatic carbocycles. The maximum absolute atomic E-state index is 12.8. The first-order valence-electron chi connectivity index (χ1n) is 9.60. The summed E-state index contributed by atoms with van der Waals surface area (Å²) >= 11 is 0. The minimum Gasteiger partial charge on any atom is -0.484 e. The molecule has 0 unspecified atom stereocenters. The molecule has 3 aliphatic rings. The molecule has 3 heterocycles. The third kappa shape index (κ3) is 3.30. The SMILES string of the molecule is CN1CCC2(CCCN2C(=O)COc2ccc3c(c2)CCC(=O)N3)CC1. The lowest BCUT2D eigenvalue weighted by Crippen LogP contribution is -2.54. The van der Waals surface area contributed by atoms with Crippen LogP contribution in [0.5, 0.6) is 5.75 Å². The van der Waals surface area contributed by atoms with Crippen LogP contribution in [0, 0.1) is 0 Å². The summed E-state index contributed by atoms with van der Waals surface area (Å²) in [5.41, 5.74) is 1.97. The molecule has 2 fully saturated rings. The van der Waals surface area contributed by atoms with E-state index in [9.17, 15) is 9.59 Å². The Bertz CT molecular complexity index is 710. The number of benzene rings is 1. The van der Waals surface area contributed by atoms with Gasteiger partial charge >= 0.3 is 0 Å². The highest BCUT2D eigenvalue weighted by Crippen LogP contribution is 2.38. The Balaban J connectivity index is 1.39. The maximum Gasteiger partial charge on any atom is 0.260 e. The van der Waals surface area contributed by atoms with Gasteiger partial charge in [-0.25, -0.2) is 0 Å². The molecule has 1 spiro atoms. The van der Waals surface area contributed by atoms with Gasteiger partial charge < -0.3 is 19.9 Å². The molecular weight excluding hydrogens is 330 g/mol. The van der Waals surface area contributed by atoms with Crippen LogP contribution in [0.25, 0.3) is 0 Å². The molecule has 0 saturated carbocycles. The number of carbonyl (C=O) groups excluding carboxylic acids is 2. The molecule has 3 aliphatic heterocycles. The van der Waals surface area contributed by atoms with Gasteiger partial charge in [0, 0.05) is 37.3 Å². The molecule has 2 amide bonds. The third-order valence-electron chi connectivity index (χ3n) is 6.15. The van der Waals surface area contributed by atoms with Gasteiger partial charge in [0.1, 0.15) is 5.75 Å². The minimum atomic E-state index is 0.0487. The monoisotopic (exact) mass is 357 g/mol. The zero-order chi connectivity index (χ0) is 18.1. The van der Waals surface area contributed by atoms with Crippen LogP contribution in [-0.2, 0) is 16.0 Å². The van der Waals surface area contributed by atoms with Gasteiger partial charge in [0.05, 0.1) is 0 Å². The predicted octanol–water partition coefficient (Wildman–Crippen LogP) is 2.04. The molecule has 0 bridgehead atoms. The van der Waals surface area contributed by atoms with Crippen LogP contribution in [0.2, 0.25) is 0 Å². The van der Waals surface area contributed by atoms with Gasteiger partial charge in [0.25, 0.3) is 5.91 Å². The molecule has 6 heteroatoms. The number of hydrogen-bond donors (Lipinski definition) is 1. The number of fused-ring (bicyclic) bond motifs is 1. The summed E-state index contributed by atoms with van der Waals surface area (Å²) in [6, 6.07) is 5.63. The van der Waals surface area contributed by atoms with E-state index in [-0.39, 0.29) is 24.0 Å². The topological polar surface area (TPSA) is 61.9 Å². The molecular formula is C20H27N3O3. The number of hydrogen-bond acceptors (Lipinski definition) is 4. The van der Waals surface area contributed by atoms with E-state index in [1.54, 1.807) is 0 Å². The molecule has 1 aromatic rings. The number of nitrogens with zero attached hydrogens (tertiary/aromatic N) is 2. The minimum absolute atomic E-state index is 0.0487. The van der Waals surface area contributed by atoms with Gasteiger partial charge in [0.2, 0.25) is 5.91 Å². The highest BCUT2D eigenvalue weighted by molar-refractivity contribution is 5.94. The van der Waals surface area contributed by atoms with Crippen LogP contribution >= 0.6 is 0 Å². The molecule has 4 rings (SSSR count). The Kier molecular flexibility index (Phi) is 4.61. The molecule has 1 N–H and O–H groups in total. The lowest BCUT2D eigenvalue weighted by molar-refractivity contribution is -0.139. The van der Waals surface area contributed by atoms with E-state index in [1.165, 1.54) is 0 Å². The third-order valence-corrected chi connectivity index (χ3v) is 6.15. The van der Waals surface area contributed by atoms with Crippen LogP contribution in [0.4, 0.5) is 5.69 Å². The Morgan fingerprint density at radius 2 is 2.00 bits per heavy atom. The summed E-state index contributed by atoms with van der Waals surface area (Å²) in [4.78, 5) is 28.7. The van der Waals surface area contributed by atoms with E-state index >= 15 is 0 Å². The van der Waals surface area contributed by atoms with Gasteiger partial charge in [-0.15, -0.1) is 0 Å². The number of piperidine rings is 1. The summed E-state index contributed by atoms with van der Waals surface area (Å²) in [6.45, 7) is 3.05.